The number of rotatable bonds is 5. The minimum absolute atomic E-state index is 0.0456. The predicted molar refractivity (Wildman–Crippen MR) is 113 cm³/mol. The summed E-state index contributed by atoms with van der Waals surface area (Å²) in [7, 11) is 1.63. The summed E-state index contributed by atoms with van der Waals surface area (Å²) in [4.78, 5) is 13.1. The molecule has 0 saturated carbocycles. The van der Waals surface area contributed by atoms with Crippen molar-refractivity contribution >= 4 is 17.7 Å². The lowest BCUT2D eigenvalue weighted by Gasteiger charge is -2.32. The second-order valence-corrected chi connectivity index (χ2v) is 8.10. The Labute approximate surface area is 173 Å². The molecule has 3 aromatic rings. The molecule has 0 unspecified atom stereocenters. The molecule has 1 aromatic heterocycles. The van der Waals surface area contributed by atoms with Gasteiger partial charge in [-0.1, -0.05) is 53.7 Å². The largest absolute Gasteiger partial charge is 0.497 e. The fraction of sp³-hybridized carbons (Fsp3) is 0.286. The van der Waals surface area contributed by atoms with E-state index < -0.39 is 0 Å². The fourth-order valence-corrected chi connectivity index (χ4v) is 4.37. The molecule has 150 valence electrons. The normalized spacial score (nSPS) is 17.9. The lowest BCUT2D eigenvalue weighted by atomic mass is 10.0. The SMILES string of the molecule is COc1ccc(CNC(=O)[C@H]2Sc3nnc(C)n3N[C@H]2c2ccc(C)cc2)cc1. The third-order valence-electron chi connectivity index (χ3n) is 4.92. The van der Waals surface area contributed by atoms with Crippen LogP contribution in [0.2, 0.25) is 0 Å². The molecule has 7 nitrogen and oxygen atoms in total. The quantitative estimate of drug-likeness (QED) is 0.674. The molecule has 0 bridgehead atoms. The fourth-order valence-electron chi connectivity index (χ4n) is 3.22. The van der Waals surface area contributed by atoms with Crippen molar-refractivity contribution in [2.75, 3.05) is 12.5 Å². The van der Waals surface area contributed by atoms with Gasteiger partial charge in [0.2, 0.25) is 11.1 Å². The van der Waals surface area contributed by atoms with Gasteiger partial charge < -0.3 is 15.5 Å². The Morgan fingerprint density at radius 1 is 1.14 bits per heavy atom. The number of carbonyl (C=O) groups is 1. The van der Waals surface area contributed by atoms with Gasteiger partial charge in [-0.3, -0.25) is 4.79 Å². The van der Waals surface area contributed by atoms with Crippen LogP contribution in [0, 0.1) is 13.8 Å². The number of benzene rings is 2. The second-order valence-electron chi connectivity index (χ2n) is 6.99. The van der Waals surface area contributed by atoms with Gasteiger partial charge in [0.1, 0.15) is 16.8 Å². The first-order valence-corrected chi connectivity index (χ1v) is 10.3. The Morgan fingerprint density at radius 2 is 1.86 bits per heavy atom. The summed E-state index contributed by atoms with van der Waals surface area (Å²) in [5.74, 6) is 1.51. The van der Waals surface area contributed by atoms with Crippen LogP contribution >= 0.6 is 11.8 Å². The molecule has 1 aliphatic rings. The molecule has 2 atom stereocenters. The molecule has 2 N–H and O–H groups in total. The minimum atomic E-state index is -0.368. The number of carbonyl (C=O) groups excluding carboxylic acids is 1. The number of hydrogen-bond donors (Lipinski definition) is 2. The summed E-state index contributed by atoms with van der Waals surface area (Å²) in [6.45, 7) is 4.39. The van der Waals surface area contributed by atoms with E-state index in [1.165, 1.54) is 17.3 Å². The van der Waals surface area contributed by atoms with Crippen LogP contribution in [0.4, 0.5) is 0 Å². The van der Waals surface area contributed by atoms with Gasteiger partial charge >= 0.3 is 0 Å². The smallest absolute Gasteiger partial charge is 0.236 e. The van der Waals surface area contributed by atoms with Crippen LogP contribution in [0.1, 0.15) is 28.6 Å². The summed E-state index contributed by atoms with van der Waals surface area (Å²) in [5.41, 5.74) is 6.66. The van der Waals surface area contributed by atoms with Crippen LogP contribution in [0.5, 0.6) is 5.75 Å². The average Bonchev–Trinajstić information content (AvgIpc) is 3.12. The monoisotopic (exact) mass is 409 g/mol. The molecule has 0 fully saturated rings. The molecule has 0 spiro atoms. The first kappa shape index (κ1) is 19.3. The van der Waals surface area contributed by atoms with Crippen molar-refractivity contribution in [1.29, 1.82) is 0 Å². The zero-order valence-electron chi connectivity index (χ0n) is 16.5. The van der Waals surface area contributed by atoms with E-state index in [9.17, 15) is 4.79 Å². The highest BCUT2D eigenvalue weighted by molar-refractivity contribution is 8.00. The Bertz CT molecular complexity index is 1000. The number of nitrogens with one attached hydrogen (secondary N) is 2. The number of fused-ring (bicyclic) bond motifs is 1. The summed E-state index contributed by atoms with van der Waals surface area (Å²) in [6, 6.07) is 15.7. The maximum atomic E-state index is 13.1. The van der Waals surface area contributed by atoms with Gasteiger partial charge in [0.25, 0.3) is 0 Å². The van der Waals surface area contributed by atoms with E-state index in [2.05, 4.69) is 45.2 Å². The van der Waals surface area contributed by atoms with Gasteiger partial charge in [0.05, 0.1) is 13.2 Å². The number of amides is 1. The van der Waals surface area contributed by atoms with Gasteiger partial charge in [-0.15, -0.1) is 10.2 Å². The Morgan fingerprint density at radius 3 is 2.55 bits per heavy atom. The molecule has 8 heteroatoms. The molecule has 2 heterocycles. The van der Waals surface area contributed by atoms with Gasteiger partial charge in [-0.05, 0) is 37.1 Å². The molecule has 1 amide bonds. The molecule has 2 aromatic carbocycles. The Hall–Kier alpha value is -3.00. The zero-order chi connectivity index (χ0) is 20.4. The van der Waals surface area contributed by atoms with Crippen LogP contribution in [0.25, 0.3) is 0 Å². The molecule has 0 aliphatic carbocycles. The maximum absolute atomic E-state index is 13.1. The number of methoxy groups -OCH3 is 1. The maximum Gasteiger partial charge on any atom is 0.236 e. The van der Waals surface area contributed by atoms with Gasteiger partial charge in [-0.25, -0.2) is 4.68 Å². The third-order valence-corrected chi connectivity index (χ3v) is 6.13. The van der Waals surface area contributed by atoms with Gasteiger partial charge in [0.15, 0.2) is 0 Å². The van der Waals surface area contributed by atoms with Crippen molar-refractivity contribution in [3.8, 4) is 5.75 Å². The highest BCUT2D eigenvalue weighted by atomic mass is 32.2. The van der Waals surface area contributed by atoms with Crippen LogP contribution in [-0.2, 0) is 11.3 Å². The number of nitrogens with zero attached hydrogens (tertiary/aromatic N) is 3. The molecular formula is C21H23N5O2S. The topological polar surface area (TPSA) is 81.1 Å². The standard InChI is InChI=1S/C21H23N5O2S/c1-13-4-8-16(9-5-13)18-19(29-21-24-23-14(2)26(21)25-18)20(27)22-12-15-6-10-17(28-3)11-7-15/h4-11,18-19,25H,12H2,1-3H3,(H,22,27)/t18-,19-/m0/s1. The van der Waals surface area contributed by atoms with E-state index in [0.29, 0.717) is 11.7 Å². The van der Waals surface area contributed by atoms with E-state index in [4.69, 9.17) is 4.74 Å². The van der Waals surface area contributed by atoms with Crippen molar-refractivity contribution < 1.29 is 9.53 Å². The van der Waals surface area contributed by atoms with Crippen LogP contribution in [-0.4, -0.2) is 33.1 Å². The Balaban J connectivity index is 1.54. The van der Waals surface area contributed by atoms with E-state index in [0.717, 1.165) is 22.7 Å². The van der Waals surface area contributed by atoms with Crippen LogP contribution < -0.4 is 15.5 Å². The number of hydrogen-bond acceptors (Lipinski definition) is 6. The number of thioether (sulfide) groups is 1. The number of aromatic nitrogens is 3. The lowest BCUT2D eigenvalue weighted by Crippen LogP contribution is -2.44. The van der Waals surface area contributed by atoms with Gasteiger partial charge in [-0.2, -0.15) is 0 Å². The van der Waals surface area contributed by atoms with Crippen molar-refractivity contribution in [2.45, 2.75) is 36.8 Å². The highest BCUT2D eigenvalue weighted by Gasteiger charge is 2.37. The van der Waals surface area contributed by atoms with Crippen molar-refractivity contribution in [1.82, 2.24) is 20.2 Å². The number of aryl methyl sites for hydroxylation is 2. The minimum Gasteiger partial charge on any atom is -0.497 e. The third kappa shape index (κ3) is 4.07. The average molecular weight is 410 g/mol. The molecule has 4 rings (SSSR count). The highest BCUT2D eigenvalue weighted by Crippen LogP contribution is 2.37. The van der Waals surface area contributed by atoms with E-state index in [1.807, 2.05) is 42.8 Å². The summed E-state index contributed by atoms with van der Waals surface area (Å²) >= 11 is 1.43. The summed E-state index contributed by atoms with van der Waals surface area (Å²) < 4.78 is 7.03. The summed E-state index contributed by atoms with van der Waals surface area (Å²) in [6.07, 6.45) is 0. The van der Waals surface area contributed by atoms with E-state index in [1.54, 1.807) is 7.11 Å². The molecule has 29 heavy (non-hydrogen) atoms. The van der Waals surface area contributed by atoms with Crippen molar-refractivity contribution in [3.05, 3.63) is 71.0 Å². The van der Waals surface area contributed by atoms with E-state index in [-0.39, 0.29) is 17.2 Å². The first-order valence-electron chi connectivity index (χ1n) is 9.37. The van der Waals surface area contributed by atoms with Crippen LogP contribution in [0.15, 0.2) is 53.7 Å². The predicted octanol–water partition coefficient (Wildman–Crippen LogP) is 2.98. The molecule has 0 saturated heterocycles. The molecule has 0 radical (unpaired) electrons. The lowest BCUT2D eigenvalue weighted by molar-refractivity contribution is -0.121. The van der Waals surface area contributed by atoms with Crippen LogP contribution in [0.3, 0.4) is 0 Å². The van der Waals surface area contributed by atoms with Gasteiger partial charge in [0, 0.05) is 6.54 Å². The second kappa shape index (κ2) is 8.16. The Kier molecular flexibility index (Phi) is 5.44. The summed E-state index contributed by atoms with van der Waals surface area (Å²) in [5, 5.41) is 11.7. The van der Waals surface area contributed by atoms with Crippen molar-refractivity contribution in [2.24, 2.45) is 0 Å². The van der Waals surface area contributed by atoms with Crippen molar-refractivity contribution in [3.63, 3.8) is 0 Å². The zero-order valence-corrected chi connectivity index (χ0v) is 17.4. The molecular weight excluding hydrogens is 386 g/mol. The first-order chi connectivity index (χ1) is 14.0. The van der Waals surface area contributed by atoms with E-state index >= 15 is 0 Å². The molecule has 1 aliphatic heterocycles. The number of ether oxygens (including phenoxy) is 1.